The highest BCUT2D eigenvalue weighted by Gasteiger charge is 2.30. The quantitative estimate of drug-likeness (QED) is 0.189. The first-order valence-corrected chi connectivity index (χ1v) is 16.3. The third-order valence-electron chi connectivity index (χ3n) is 9.44. The van der Waals surface area contributed by atoms with Crippen molar-refractivity contribution in [1.29, 1.82) is 0 Å². The van der Waals surface area contributed by atoms with Gasteiger partial charge in [0.25, 0.3) is 0 Å². The maximum absolute atomic E-state index is 13.7. The van der Waals surface area contributed by atoms with Crippen LogP contribution in [0.2, 0.25) is 0 Å². The number of ketones is 1. The summed E-state index contributed by atoms with van der Waals surface area (Å²) in [6, 6.07) is 24.0. The topological polar surface area (TPSA) is 146 Å². The number of hydrogen-bond acceptors (Lipinski definition) is 8. The molecule has 1 aliphatic carbocycles. The molecule has 1 aliphatic heterocycles. The second kappa shape index (κ2) is 14.7. The van der Waals surface area contributed by atoms with Crippen LogP contribution in [0.25, 0.3) is 22.5 Å². The largest absolute Gasteiger partial charge is 0.439 e. The summed E-state index contributed by atoms with van der Waals surface area (Å²) in [5, 5.41) is 10.1. The Morgan fingerprint density at radius 1 is 0.891 bits per heavy atom. The van der Waals surface area contributed by atoms with Gasteiger partial charge in [0.1, 0.15) is 5.78 Å². The summed E-state index contributed by atoms with van der Waals surface area (Å²) < 4.78 is 4.59. The molecule has 2 aliphatic rings. The fourth-order valence-electron chi connectivity index (χ4n) is 6.60. The van der Waals surface area contributed by atoms with Gasteiger partial charge in [-0.15, -0.1) is 0 Å². The van der Waals surface area contributed by atoms with E-state index >= 15 is 0 Å². The Bertz CT molecular complexity index is 1650. The lowest BCUT2D eigenvalue weighted by Gasteiger charge is -2.29. The molecule has 1 saturated heterocycles. The lowest BCUT2D eigenvalue weighted by molar-refractivity contribution is -0.129. The molecule has 1 amide bonds. The molecule has 10 heteroatoms. The predicted molar refractivity (Wildman–Crippen MR) is 179 cm³/mol. The molecule has 240 valence electrons. The fourth-order valence-corrected chi connectivity index (χ4v) is 6.60. The monoisotopic (exact) mass is 622 g/mol. The minimum absolute atomic E-state index is 0.0199. The lowest BCUT2D eigenvalue weighted by Crippen LogP contribution is -2.43. The zero-order valence-electron chi connectivity index (χ0n) is 26.0. The summed E-state index contributed by atoms with van der Waals surface area (Å²) in [6.07, 6.45) is 4.24. The first kappa shape index (κ1) is 31.4. The number of carbonyl (C=O) groups is 2. The van der Waals surface area contributed by atoms with Crippen molar-refractivity contribution in [1.82, 2.24) is 15.5 Å². The van der Waals surface area contributed by atoms with Crippen LogP contribution in [0.4, 0.5) is 11.4 Å². The summed E-state index contributed by atoms with van der Waals surface area (Å²) in [7, 11) is 0. The molecule has 46 heavy (non-hydrogen) atoms. The van der Waals surface area contributed by atoms with Gasteiger partial charge in [0.2, 0.25) is 5.91 Å². The van der Waals surface area contributed by atoms with Gasteiger partial charge in [-0.25, -0.2) is 4.79 Å². The minimum Gasteiger partial charge on any atom is -0.369 e. The highest BCUT2D eigenvalue weighted by molar-refractivity contribution is 5.96. The van der Waals surface area contributed by atoms with Crippen molar-refractivity contribution >= 4 is 23.1 Å². The van der Waals surface area contributed by atoms with Gasteiger partial charge in [0.15, 0.2) is 5.82 Å². The summed E-state index contributed by atoms with van der Waals surface area (Å²) in [5.74, 6) is -0.411. The van der Waals surface area contributed by atoms with E-state index in [0.29, 0.717) is 36.0 Å². The van der Waals surface area contributed by atoms with E-state index in [1.54, 1.807) is 24.3 Å². The van der Waals surface area contributed by atoms with E-state index in [4.69, 9.17) is 5.73 Å². The van der Waals surface area contributed by atoms with Gasteiger partial charge in [0.05, 0.1) is 0 Å². The van der Waals surface area contributed by atoms with Crippen LogP contribution >= 0.6 is 0 Å². The molecule has 5 N–H and O–H groups in total. The Hall–Kier alpha value is -4.54. The number of nitrogens with one attached hydrogen (secondary N) is 3. The molecular weight excluding hydrogens is 580 g/mol. The predicted octanol–water partition coefficient (Wildman–Crippen LogP) is 4.63. The van der Waals surface area contributed by atoms with Crippen molar-refractivity contribution in [2.45, 2.75) is 38.5 Å². The maximum atomic E-state index is 13.7. The van der Waals surface area contributed by atoms with Gasteiger partial charge in [-0.05, 0) is 97.7 Å². The average molecular weight is 623 g/mol. The molecule has 6 rings (SSSR count). The number of benzene rings is 3. The van der Waals surface area contributed by atoms with Gasteiger partial charge in [-0.3, -0.25) is 19.1 Å². The third kappa shape index (κ3) is 7.81. The van der Waals surface area contributed by atoms with E-state index in [-0.39, 0.29) is 24.0 Å². The number of anilines is 2. The molecule has 3 aromatic carbocycles. The Labute approximate surface area is 268 Å². The first-order valence-electron chi connectivity index (χ1n) is 16.3. The molecule has 4 aromatic rings. The number of piperazine rings is 1. The zero-order chi connectivity index (χ0) is 31.9. The second-order valence-electron chi connectivity index (χ2n) is 12.5. The Kier molecular flexibility index (Phi) is 10.0. The highest BCUT2D eigenvalue weighted by Crippen LogP contribution is 2.31. The number of hydrogen-bond donors (Lipinski definition) is 4. The van der Waals surface area contributed by atoms with Crippen LogP contribution in [-0.2, 0) is 16.0 Å². The van der Waals surface area contributed by atoms with Crippen molar-refractivity contribution < 1.29 is 14.1 Å². The Morgan fingerprint density at radius 3 is 2.13 bits per heavy atom. The lowest BCUT2D eigenvalue weighted by atomic mass is 9.77. The number of rotatable bonds is 11. The van der Waals surface area contributed by atoms with Crippen molar-refractivity contribution in [2.75, 3.05) is 42.9 Å². The molecule has 1 aromatic heterocycles. The van der Waals surface area contributed by atoms with Gasteiger partial charge >= 0.3 is 5.76 Å². The normalized spacial score (nSPS) is 19.0. The SMILES string of the molecule is NCC1CCC(C(=O)C[C@@H](Cc2ccc(-c3ccc(N4CCNCC4)cc3)cc2)C(=O)Nc2ccc(-c3noc(=O)[nH]3)cc2)CC1. The van der Waals surface area contributed by atoms with Crippen LogP contribution < -0.4 is 27.0 Å². The Balaban J connectivity index is 1.14. The third-order valence-corrected chi connectivity index (χ3v) is 9.44. The molecule has 0 radical (unpaired) electrons. The van der Waals surface area contributed by atoms with E-state index < -0.39 is 11.7 Å². The van der Waals surface area contributed by atoms with Gasteiger partial charge in [-0.1, -0.05) is 41.6 Å². The number of aromatic nitrogens is 2. The van der Waals surface area contributed by atoms with Crippen LogP contribution in [0.3, 0.4) is 0 Å². The number of carbonyl (C=O) groups excluding carboxylic acids is 2. The fraction of sp³-hybridized carbons (Fsp3) is 0.389. The molecule has 1 saturated carbocycles. The number of amides is 1. The number of Topliss-reactive ketones (excluding diaryl/α,β-unsaturated/α-hetero) is 1. The molecular formula is C36H42N6O4. The average Bonchev–Trinajstić information content (AvgIpc) is 3.55. The van der Waals surface area contributed by atoms with E-state index in [0.717, 1.165) is 68.6 Å². The molecule has 0 spiro atoms. The first-order chi connectivity index (χ1) is 22.4. The summed E-state index contributed by atoms with van der Waals surface area (Å²) in [4.78, 5) is 43.4. The second-order valence-corrected chi connectivity index (χ2v) is 12.5. The van der Waals surface area contributed by atoms with Crippen molar-refractivity contribution in [3.8, 4) is 22.5 Å². The minimum atomic E-state index is -0.631. The van der Waals surface area contributed by atoms with Crippen LogP contribution in [0, 0.1) is 17.8 Å². The molecule has 0 bridgehead atoms. The van der Waals surface area contributed by atoms with Crippen LogP contribution in [0.5, 0.6) is 0 Å². The summed E-state index contributed by atoms with van der Waals surface area (Å²) in [6.45, 7) is 4.69. The maximum Gasteiger partial charge on any atom is 0.439 e. The molecule has 2 heterocycles. The number of nitrogens with two attached hydrogens (primary N) is 1. The smallest absolute Gasteiger partial charge is 0.369 e. The van der Waals surface area contributed by atoms with Crippen LogP contribution in [0.1, 0.15) is 37.7 Å². The molecule has 2 fully saturated rings. The zero-order valence-corrected chi connectivity index (χ0v) is 26.0. The van der Waals surface area contributed by atoms with Gasteiger partial charge in [-0.2, -0.15) is 0 Å². The molecule has 0 unspecified atom stereocenters. The number of nitrogens with zero attached hydrogens (tertiary/aromatic N) is 2. The highest BCUT2D eigenvalue weighted by atomic mass is 16.5. The Morgan fingerprint density at radius 2 is 1.52 bits per heavy atom. The standard InChI is InChI=1S/C36H42N6O4/c37-23-25-3-7-28(8-4-25)33(43)22-30(35(44)39-31-13-9-29(10-14-31)34-40-36(45)46-41-34)21-24-1-5-26(6-2-24)27-11-15-32(16-12-27)42-19-17-38-18-20-42/h1-2,5-6,9-16,25,28,30,38H,3-4,7-8,17-23,37H2,(H,39,44)(H,40,41,45)/t25?,28?,30-/m1/s1. The van der Waals surface area contributed by atoms with Gasteiger partial charge < -0.3 is 21.3 Å². The van der Waals surface area contributed by atoms with Crippen LogP contribution in [0.15, 0.2) is 82.1 Å². The summed E-state index contributed by atoms with van der Waals surface area (Å²) >= 11 is 0. The van der Waals surface area contributed by atoms with Crippen molar-refractivity contribution in [2.24, 2.45) is 23.5 Å². The van der Waals surface area contributed by atoms with Crippen molar-refractivity contribution in [3.05, 3.63) is 88.9 Å². The van der Waals surface area contributed by atoms with E-state index in [1.807, 2.05) is 0 Å². The van der Waals surface area contributed by atoms with E-state index in [1.165, 1.54) is 5.69 Å². The summed E-state index contributed by atoms with van der Waals surface area (Å²) in [5.41, 5.74) is 11.6. The van der Waals surface area contributed by atoms with Gasteiger partial charge in [0, 0.05) is 61.4 Å². The van der Waals surface area contributed by atoms with Crippen LogP contribution in [-0.4, -0.2) is 54.6 Å². The van der Waals surface area contributed by atoms with E-state index in [2.05, 4.69) is 78.7 Å². The molecule has 10 nitrogen and oxygen atoms in total. The van der Waals surface area contributed by atoms with E-state index in [9.17, 15) is 14.4 Å². The number of H-pyrrole nitrogens is 1. The molecule has 1 atom stereocenters. The number of aromatic amines is 1. The van der Waals surface area contributed by atoms with Crippen molar-refractivity contribution in [3.63, 3.8) is 0 Å².